The number of furan rings is 1. The Labute approximate surface area is 631 Å². The standard InChI is InChI=1S/C104H68N2OS/c1-5-25-72(26-6-1)86-34-15-17-37-93(86)102-88(74-29-9-3-10-30-74)39-22-43-97(102)105(84-60-50-69-24-13-14-33-77(69)65-84)82-56-48-70(49-57-82)79-55-63-99-96(67-79)91-62-54-80(68-100(91)107-99)78-47-46-71-51-61-85(66-81(71)64-78)106(83-58-52-76(53-59-83)90-41-21-42-95-92-36-19-20-45-101(92)108-104(90)95)98-44-23-40-89(75-31-11-4-12-32-75)103(98)94-38-18-16-35-87(94)73-27-7-2-8-28-73/h1-68H. The SMILES string of the molecule is c1ccc(-c2ccccc2-c2c(-c3ccccc3)cccc2N(c2ccc(-c3ccc4oc5cc(-c6ccc7ccc(N(c8ccc(-c9cccc%10c9sc9ccccc9%10)cc8)c8cccc(-c9ccccc9)c8-c8ccccc8-c8ccccc8)cc7c6)ccc5c4c3)cc2)c2ccc3ccccc3c2)cc1. The molecule has 0 aliphatic rings. The molecule has 0 atom stereocenters. The molecule has 0 N–H and O–H groups in total. The highest BCUT2D eigenvalue weighted by Gasteiger charge is 2.27. The summed E-state index contributed by atoms with van der Waals surface area (Å²) in [6, 6.07) is 151. The van der Waals surface area contributed by atoms with Crippen molar-refractivity contribution >= 4 is 109 Å². The third-order valence-electron chi connectivity index (χ3n) is 21.5. The number of hydrogen-bond donors (Lipinski definition) is 0. The van der Waals surface area contributed by atoms with Gasteiger partial charge in [-0.25, -0.2) is 0 Å². The summed E-state index contributed by atoms with van der Waals surface area (Å²) in [6.45, 7) is 0. The number of benzene rings is 18. The minimum absolute atomic E-state index is 0.845. The third-order valence-corrected chi connectivity index (χ3v) is 22.7. The molecule has 0 bridgehead atoms. The Hall–Kier alpha value is -13.9. The van der Waals surface area contributed by atoms with Crippen molar-refractivity contribution < 1.29 is 4.42 Å². The van der Waals surface area contributed by atoms with Gasteiger partial charge >= 0.3 is 0 Å². The maximum atomic E-state index is 6.83. The average Bonchev–Trinajstić information content (AvgIpc) is 1.08. The summed E-state index contributed by atoms with van der Waals surface area (Å²) in [4.78, 5) is 4.91. The fourth-order valence-corrected chi connectivity index (χ4v) is 17.5. The van der Waals surface area contributed by atoms with Gasteiger partial charge in [0.05, 0.1) is 11.4 Å². The summed E-state index contributed by atoms with van der Waals surface area (Å²) in [5, 5.41) is 9.39. The molecule has 3 nitrogen and oxygen atoms in total. The topological polar surface area (TPSA) is 19.6 Å². The van der Waals surface area contributed by atoms with Gasteiger partial charge in [0.1, 0.15) is 11.2 Å². The van der Waals surface area contributed by atoms with Crippen LogP contribution in [0.3, 0.4) is 0 Å². The van der Waals surface area contributed by atoms with Crippen molar-refractivity contribution in [3.63, 3.8) is 0 Å². The summed E-state index contributed by atoms with van der Waals surface area (Å²) < 4.78 is 9.43. The number of fused-ring (bicyclic) bond motifs is 8. The molecule has 108 heavy (non-hydrogen) atoms. The van der Waals surface area contributed by atoms with Crippen LogP contribution in [0.5, 0.6) is 0 Å². The lowest BCUT2D eigenvalue weighted by molar-refractivity contribution is 0.669. The normalized spacial score (nSPS) is 11.5. The van der Waals surface area contributed by atoms with Crippen LogP contribution < -0.4 is 9.80 Å². The average molecular weight is 1390 g/mol. The molecule has 0 aliphatic heterocycles. The molecule has 20 aromatic rings. The van der Waals surface area contributed by atoms with E-state index in [-0.39, 0.29) is 0 Å². The molecule has 0 saturated heterocycles. The van der Waals surface area contributed by atoms with E-state index >= 15 is 0 Å². The quantitative estimate of drug-likeness (QED) is 0.102. The highest BCUT2D eigenvalue weighted by atomic mass is 32.1. The molecule has 2 heterocycles. The number of hydrogen-bond acceptors (Lipinski definition) is 4. The summed E-state index contributed by atoms with van der Waals surface area (Å²) in [6.07, 6.45) is 0. The van der Waals surface area contributed by atoms with Gasteiger partial charge in [-0.3, -0.25) is 0 Å². The summed E-state index contributed by atoms with van der Waals surface area (Å²) in [5.74, 6) is 0. The van der Waals surface area contributed by atoms with Crippen molar-refractivity contribution in [2.75, 3.05) is 9.80 Å². The van der Waals surface area contributed by atoms with Crippen LogP contribution in [0.15, 0.2) is 417 Å². The van der Waals surface area contributed by atoms with Crippen LogP contribution in [0.4, 0.5) is 34.1 Å². The van der Waals surface area contributed by atoms with Crippen LogP contribution in [0.2, 0.25) is 0 Å². The molecule has 2 aromatic heterocycles. The van der Waals surface area contributed by atoms with E-state index < -0.39 is 0 Å². The lowest BCUT2D eigenvalue weighted by Gasteiger charge is -2.30. The molecular weight excluding hydrogens is 1330 g/mol. The van der Waals surface area contributed by atoms with Gasteiger partial charge in [0.2, 0.25) is 0 Å². The summed E-state index contributed by atoms with van der Waals surface area (Å²) in [5.41, 5.74) is 28.8. The molecule has 0 saturated carbocycles. The molecule has 0 unspecified atom stereocenters. The van der Waals surface area contributed by atoms with Gasteiger partial charge in [0.25, 0.3) is 0 Å². The molecule has 0 spiro atoms. The first-order valence-electron chi connectivity index (χ1n) is 36.9. The molecule has 0 aliphatic carbocycles. The van der Waals surface area contributed by atoms with E-state index in [9.17, 15) is 0 Å². The third kappa shape index (κ3) is 11.6. The van der Waals surface area contributed by atoms with E-state index in [0.717, 1.165) is 139 Å². The Morgan fingerprint density at radius 3 is 1.19 bits per heavy atom. The van der Waals surface area contributed by atoms with E-state index in [4.69, 9.17) is 4.42 Å². The number of anilines is 6. The van der Waals surface area contributed by atoms with Crippen LogP contribution in [0.25, 0.3) is 164 Å². The van der Waals surface area contributed by atoms with Gasteiger partial charge in [0.15, 0.2) is 0 Å². The van der Waals surface area contributed by atoms with E-state index in [1.807, 2.05) is 11.3 Å². The Morgan fingerprint density at radius 2 is 0.593 bits per heavy atom. The first-order chi connectivity index (χ1) is 53.5. The molecule has 4 heteroatoms. The van der Waals surface area contributed by atoms with Crippen LogP contribution in [0.1, 0.15) is 0 Å². The minimum atomic E-state index is 0.845. The molecule has 18 aromatic carbocycles. The van der Waals surface area contributed by atoms with Crippen molar-refractivity contribution in [3.8, 4) is 100 Å². The first-order valence-corrected chi connectivity index (χ1v) is 37.7. The van der Waals surface area contributed by atoms with Crippen LogP contribution >= 0.6 is 11.3 Å². The second-order valence-electron chi connectivity index (χ2n) is 27.8. The van der Waals surface area contributed by atoms with Gasteiger partial charge in [-0.2, -0.15) is 0 Å². The van der Waals surface area contributed by atoms with E-state index in [1.54, 1.807) is 0 Å². The predicted octanol–water partition coefficient (Wildman–Crippen LogP) is 30.2. The van der Waals surface area contributed by atoms with Gasteiger partial charge in [-0.15, -0.1) is 11.3 Å². The van der Waals surface area contributed by atoms with E-state index in [1.165, 1.54) is 58.8 Å². The van der Waals surface area contributed by atoms with Gasteiger partial charge in [0, 0.05) is 64.8 Å². The zero-order chi connectivity index (χ0) is 71.4. The molecule has 0 amide bonds. The zero-order valence-corrected chi connectivity index (χ0v) is 59.8. The van der Waals surface area contributed by atoms with Crippen molar-refractivity contribution in [1.82, 2.24) is 0 Å². The highest BCUT2D eigenvalue weighted by Crippen LogP contribution is 2.52. The number of thiophene rings is 1. The number of nitrogens with zero attached hydrogens (tertiary/aromatic N) is 2. The largest absolute Gasteiger partial charge is 0.456 e. The van der Waals surface area contributed by atoms with Crippen molar-refractivity contribution in [3.05, 3.63) is 413 Å². The van der Waals surface area contributed by atoms with Crippen molar-refractivity contribution in [2.24, 2.45) is 0 Å². The Balaban J connectivity index is 0.673. The Bertz CT molecular complexity index is 6780. The lowest BCUT2D eigenvalue weighted by Crippen LogP contribution is -2.12. The van der Waals surface area contributed by atoms with Crippen molar-refractivity contribution in [2.45, 2.75) is 0 Å². The molecular formula is C104H68N2OS. The second kappa shape index (κ2) is 27.3. The summed E-state index contributed by atoms with van der Waals surface area (Å²) >= 11 is 1.87. The van der Waals surface area contributed by atoms with Gasteiger partial charge < -0.3 is 14.2 Å². The maximum absolute atomic E-state index is 6.83. The smallest absolute Gasteiger partial charge is 0.136 e. The monoisotopic (exact) mass is 1390 g/mol. The molecule has 0 fully saturated rings. The van der Waals surface area contributed by atoms with Gasteiger partial charge in [-0.05, 0) is 208 Å². The summed E-state index contributed by atoms with van der Waals surface area (Å²) in [7, 11) is 0. The highest BCUT2D eigenvalue weighted by molar-refractivity contribution is 7.26. The molecule has 0 radical (unpaired) electrons. The predicted molar refractivity (Wildman–Crippen MR) is 460 cm³/mol. The Morgan fingerprint density at radius 1 is 0.194 bits per heavy atom. The number of rotatable bonds is 15. The Kier molecular flexibility index (Phi) is 16.1. The zero-order valence-electron chi connectivity index (χ0n) is 59.0. The fraction of sp³-hybridized carbons (Fsp3) is 0. The van der Waals surface area contributed by atoms with Crippen LogP contribution in [0, 0.1) is 0 Å². The van der Waals surface area contributed by atoms with Gasteiger partial charge in [-0.1, -0.05) is 315 Å². The second-order valence-corrected chi connectivity index (χ2v) is 28.9. The lowest BCUT2D eigenvalue weighted by atomic mass is 9.87. The first kappa shape index (κ1) is 63.8. The van der Waals surface area contributed by atoms with E-state index in [0.29, 0.717) is 0 Å². The van der Waals surface area contributed by atoms with Crippen LogP contribution in [-0.2, 0) is 0 Å². The minimum Gasteiger partial charge on any atom is -0.456 e. The molecule has 20 rings (SSSR count). The van der Waals surface area contributed by atoms with Crippen LogP contribution in [-0.4, -0.2) is 0 Å². The van der Waals surface area contributed by atoms with Crippen molar-refractivity contribution in [1.29, 1.82) is 0 Å². The molecule has 506 valence electrons. The fourth-order valence-electron chi connectivity index (χ4n) is 16.3. The van der Waals surface area contributed by atoms with E-state index in [2.05, 4.69) is 422 Å². The maximum Gasteiger partial charge on any atom is 0.136 e.